The van der Waals surface area contributed by atoms with Gasteiger partial charge in [0.05, 0.1) is 31.5 Å². The fourth-order valence-electron chi connectivity index (χ4n) is 2.43. The Labute approximate surface area is 165 Å². The zero-order valence-corrected chi connectivity index (χ0v) is 16.7. The zero-order chi connectivity index (χ0) is 19.6. The number of anilines is 1. The summed E-state index contributed by atoms with van der Waals surface area (Å²) < 4.78 is 16.5. The van der Waals surface area contributed by atoms with E-state index in [-0.39, 0.29) is 12.0 Å². The highest BCUT2D eigenvalue weighted by molar-refractivity contribution is 6.31. The second-order valence-electron chi connectivity index (χ2n) is 6.21. The van der Waals surface area contributed by atoms with Crippen LogP contribution in [0.25, 0.3) is 0 Å². The van der Waals surface area contributed by atoms with E-state index in [1.165, 1.54) is 0 Å². The van der Waals surface area contributed by atoms with Crippen LogP contribution in [0.3, 0.4) is 0 Å². The number of rotatable bonds is 10. The quantitative estimate of drug-likeness (QED) is 0.583. The fraction of sp³-hybridized carbons (Fsp3) is 0.381. The summed E-state index contributed by atoms with van der Waals surface area (Å²) in [5.74, 6) is 0.227. The number of nitrogens with one attached hydrogen (secondary N) is 1. The molecule has 0 saturated heterocycles. The van der Waals surface area contributed by atoms with Gasteiger partial charge in [0, 0.05) is 17.3 Å². The first kappa shape index (κ1) is 21.2. The minimum Gasteiger partial charge on any atom is -0.490 e. The number of ether oxygens (including phenoxy) is 3. The molecule has 0 aliphatic rings. The van der Waals surface area contributed by atoms with Crippen LogP contribution in [0.15, 0.2) is 42.5 Å². The molecule has 2 rings (SSSR count). The van der Waals surface area contributed by atoms with Crippen molar-refractivity contribution >= 4 is 23.2 Å². The van der Waals surface area contributed by atoms with Gasteiger partial charge < -0.3 is 19.5 Å². The normalized spacial score (nSPS) is 10.9. The lowest BCUT2D eigenvalue weighted by molar-refractivity contribution is 0.0453. The lowest BCUT2D eigenvalue weighted by atomic mass is 10.1. The van der Waals surface area contributed by atoms with E-state index in [0.29, 0.717) is 48.5 Å². The molecule has 27 heavy (non-hydrogen) atoms. The van der Waals surface area contributed by atoms with Crippen LogP contribution in [0, 0.1) is 0 Å². The molecule has 146 valence electrons. The summed E-state index contributed by atoms with van der Waals surface area (Å²) in [7, 11) is 0. The van der Waals surface area contributed by atoms with Crippen molar-refractivity contribution in [3.05, 3.63) is 58.6 Å². The Kier molecular flexibility index (Phi) is 8.58. The first-order valence-electron chi connectivity index (χ1n) is 9.01. The molecule has 0 aliphatic carbocycles. The van der Waals surface area contributed by atoms with Crippen molar-refractivity contribution in [2.24, 2.45) is 0 Å². The molecule has 0 aliphatic heterocycles. The summed E-state index contributed by atoms with van der Waals surface area (Å²) in [5.41, 5.74) is 2.05. The number of hydrogen-bond donors (Lipinski definition) is 1. The minimum absolute atomic E-state index is 0.0464. The Morgan fingerprint density at radius 1 is 1.11 bits per heavy atom. The highest BCUT2D eigenvalue weighted by Crippen LogP contribution is 2.25. The average Bonchev–Trinajstić information content (AvgIpc) is 2.63. The van der Waals surface area contributed by atoms with Gasteiger partial charge in [-0.15, -0.1) is 0 Å². The molecule has 0 radical (unpaired) electrons. The van der Waals surface area contributed by atoms with E-state index in [1.54, 1.807) is 18.2 Å². The van der Waals surface area contributed by atoms with Crippen LogP contribution < -0.4 is 10.1 Å². The van der Waals surface area contributed by atoms with Crippen LogP contribution >= 0.6 is 11.6 Å². The van der Waals surface area contributed by atoms with Crippen molar-refractivity contribution in [1.29, 1.82) is 0 Å². The Bertz CT molecular complexity index is 749. The Balaban J connectivity index is 2.03. The van der Waals surface area contributed by atoms with Gasteiger partial charge in [0.25, 0.3) is 5.91 Å². The second-order valence-corrected chi connectivity index (χ2v) is 6.65. The molecule has 2 aromatic rings. The SMILES string of the molecule is CCOCCOCc1cccc(NC(=O)c2cc(Cl)ccc2OC(C)C)c1. The molecular formula is C21H26ClNO4. The number of carbonyl (C=O) groups is 1. The summed E-state index contributed by atoms with van der Waals surface area (Å²) in [4.78, 5) is 12.7. The van der Waals surface area contributed by atoms with Crippen molar-refractivity contribution in [2.75, 3.05) is 25.1 Å². The van der Waals surface area contributed by atoms with Crippen LogP contribution in [0.1, 0.15) is 36.7 Å². The van der Waals surface area contributed by atoms with Crippen molar-refractivity contribution in [3.63, 3.8) is 0 Å². The number of hydrogen-bond acceptors (Lipinski definition) is 4. The Morgan fingerprint density at radius 3 is 2.63 bits per heavy atom. The summed E-state index contributed by atoms with van der Waals surface area (Å²) in [6.07, 6.45) is -0.0464. The van der Waals surface area contributed by atoms with E-state index in [1.807, 2.05) is 45.0 Å². The maximum atomic E-state index is 12.7. The predicted octanol–water partition coefficient (Wildman–Crippen LogP) is 4.93. The molecule has 5 nitrogen and oxygen atoms in total. The van der Waals surface area contributed by atoms with Gasteiger partial charge in [-0.25, -0.2) is 0 Å². The van der Waals surface area contributed by atoms with E-state index in [0.717, 1.165) is 5.56 Å². The molecule has 0 unspecified atom stereocenters. The van der Waals surface area contributed by atoms with Crippen LogP contribution in [-0.4, -0.2) is 31.8 Å². The second kappa shape index (κ2) is 10.9. The Hall–Kier alpha value is -2.08. The molecule has 0 atom stereocenters. The first-order valence-corrected chi connectivity index (χ1v) is 9.39. The Morgan fingerprint density at radius 2 is 1.89 bits per heavy atom. The third-order valence-electron chi connectivity index (χ3n) is 3.58. The van der Waals surface area contributed by atoms with Crippen molar-refractivity contribution in [1.82, 2.24) is 0 Å². The van der Waals surface area contributed by atoms with Gasteiger partial charge in [-0.1, -0.05) is 23.7 Å². The monoisotopic (exact) mass is 391 g/mol. The maximum absolute atomic E-state index is 12.7. The van der Waals surface area contributed by atoms with Crippen LogP contribution in [0.5, 0.6) is 5.75 Å². The van der Waals surface area contributed by atoms with Gasteiger partial charge in [-0.05, 0) is 56.7 Å². The lowest BCUT2D eigenvalue weighted by Gasteiger charge is -2.15. The number of halogens is 1. The molecule has 0 fully saturated rings. The van der Waals surface area contributed by atoms with Crippen molar-refractivity contribution in [3.8, 4) is 5.75 Å². The largest absolute Gasteiger partial charge is 0.490 e. The third kappa shape index (κ3) is 7.21. The van der Waals surface area contributed by atoms with E-state index in [4.69, 9.17) is 25.8 Å². The average molecular weight is 392 g/mol. The topological polar surface area (TPSA) is 56.8 Å². The summed E-state index contributed by atoms with van der Waals surface area (Å²) in [6, 6.07) is 12.6. The van der Waals surface area contributed by atoms with Crippen molar-refractivity contribution < 1.29 is 19.0 Å². The molecule has 1 N–H and O–H groups in total. The number of carbonyl (C=O) groups excluding carboxylic acids is 1. The maximum Gasteiger partial charge on any atom is 0.259 e. The standard InChI is InChI=1S/C21H26ClNO4/c1-4-25-10-11-26-14-16-6-5-7-18(12-16)23-21(24)19-13-17(22)8-9-20(19)27-15(2)3/h5-9,12-13,15H,4,10-11,14H2,1-3H3,(H,23,24). The highest BCUT2D eigenvalue weighted by Gasteiger charge is 2.15. The van der Waals surface area contributed by atoms with E-state index >= 15 is 0 Å². The van der Waals surface area contributed by atoms with Gasteiger partial charge in [0.1, 0.15) is 5.75 Å². The first-order chi connectivity index (χ1) is 13.0. The summed E-state index contributed by atoms with van der Waals surface area (Å²) >= 11 is 6.06. The van der Waals surface area contributed by atoms with Crippen molar-refractivity contribution in [2.45, 2.75) is 33.5 Å². The van der Waals surface area contributed by atoms with E-state index in [2.05, 4.69) is 5.32 Å². The smallest absolute Gasteiger partial charge is 0.259 e. The molecule has 0 heterocycles. The van der Waals surface area contributed by atoms with Gasteiger partial charge in [0.2, 0.25) is 0 Å². The minimum atomic E-state index is -0.275. The molecule has 0 saturated carbocycles. The number of benzene rings is 2. The van der Waals surface area contributed by atoms with Gasteiger partial charge in [-0.3, -0.25) is 4.79 Å². The highest BCUT2D eigenvalue weighted by atomic mass is 35.5. The molecule has 1 amide bonds. The molecular weight excluding hydrogens is 366 g/mol. The van der Waals surface area contributed by atoms with Crippen LogP contribution in [0.4, 0.5) is 5.69 Å². The van der Waals surface area contributed by atoms with Gasteiger partial charge in [-0.2, -0.15) is 0 Å². The molecule has 2 aromatic carbocycles. The van der Waals surface area contributed by atoms with Crippen LogP contribution in [-0.2, 0) is 16.1 Å². The molecule has 0 aromatic heterocycles. The molecule has 6 heteroatoms. The van der Waals surface area contributed by atoms with Crippen LogP contribution in [0.2, 0.25) is 5.02 Å². The molecule has 0 bridgehead atoms. The fourth-order valence-corrected chi connectivity index (χ4v) is 2.60. The van der Waals surface area contributed by atoms with E-state index in [9.17, 15) is 4.79 Å². The third-order valence-corrected chi connectivity index (χ3v) is 3.81. The molecule has 0 spiro atoms. The lowest BCUT2D eigenvalue weighted by Crippen LogP contribution is -2.16. The van der Waals surface area contributed by atoms with Gasteiger partial charge in [0.15, 0.2) is 0 Å². The summed E-state index contributed by atoms with van der Waals surface area (Å²) in [5, 5.41) is 3.37. The predicted molar refractivity (Wildman–Crippen MR) is 108 cm³/mol. The zero-order valence-electron chi connectivity index (χ0n) is 16.0. The number of amides is 1. The van der Waals surface area contributed by atoms with Gasteiger partial charge >= 0.3 is 0 Å². The summed E-state index contributed by atoms with van der Waals surface area (Å²) in [6.45, 7) is 8.00. The van der Waals surface area contributed by atoms with E-state index < -0.39 is 0 Å².